The van der Waals surface area contributed by atoms with E-state index >= 15 is 0 Å². The van der Waals surface area contributed by atoms with Crippen LogP contribution >= 0.6 is 0 Å². The van der Waals surface area contributed by atoms with Crippen molar-refractivity contribution in [2.45, 2.75) is 19.3 Å². The van der Waals surface area contributed by atoms with Gasteiger partial charge < -0.3 is 10.2 Å². The van der Waals surface area contributed by atoms with E-state index < -0.39 is 0 Å². The second kappa shape index (κ2) is 6.80. The Bertz CT molecular complexity index is 839. The molecule has 0 radical (unpaired) electrons. The first kappa shape index (κ1) is 15.4. The molecule has 0 amide bonds. The summed E-state index contributed by atoms with van der Waals surface area (Å²) in [6.07, 6.45) is 6.34. The molecule has 7 nitrogen and oxygen atoms in total. The van der Waals surface area contributed by atoms with Gasteiger partial charge in [-0.05, 0) is 31.5 Å². The summed E-state index contributed by atoms with van der Waals surface area (Å²) in [7, 11) is 0. The van der Waals surface area contributed by atoms with Gasteiger partial charge in [0, 0.05) is 43.7 Å². The summed E-state index contributed by atoms with van der Waals surface area (Å²) >= 11 is 0. The van der Waals surface area contributed by atoms with Crippen LogP contribution in [0.1, 0.15) is 23.9 Å². The minimum atomic E-state index is 0.342. The molecule has 3 aromatic heterocycles. The lowest BCUT2D eigenvalue weighted by atomic mass is 10.0. The molecule has 1 N–H and O–H groups in total. The van der Waals surface area contributed by atoms with Gasteiger partial charge in [0.1, 0.15) is 17.5 Å². The van der Waals surface area contributed by atoms with E-state index in [1.165, 1.54) is 0 Å². The monoisotopic (exact) mass is 333 g/mol. The van der Waals surface area contributed by atoms with Crippen molar-refractivity contribution in [3.05, 3.63) is 60.4 Å². The second-order valence-corrected chi connectivity index (χ2v) is 6.05. The van der Waals surface area contributed by atoms with Gasteiger partial charge in [-0.15, -0.1) is 0 Å². The van der Waals surface area contributed by atoms with E-state index in [1.807, 2.05) is 37.3 Å². The molecule has 0 spiro atoms. The van der Waals surface area contributed by atoms with Crippen LogP contribution in [-0.4, -0.2) is 38.0 Å². The molecule has 4 heterocycles. The van der Waals surface area contributed by atoms with E-state index in [-0.39, 0.29) is 0 Å². The molecular formula is C18H19N7. The zero-order valence-corrected chi connectivity index (χ0v) is 14.0. The molecule has 0 saturated carbocycles. The summed E-state index contributed by atoms with van der Waals surface area (Å²) in [4.78, 5) is 24.3. The van der Waals surface area contributed by atoms with E-state index in [0.717, 1.165) is 48.6 Å². The van der Waals surface area contributed by atoms with Gasteiger partial charge >= 0.3 is 0 Å². The van der Waals surface area contributed by atoms with E-state index in [0.29, 0.717) is 5.92 Å². The summed E-state index contributed by atoms with van der Waals surface area (Å²) in [6, 6.07) is 9.60. The lowest BCUT2D eigenvalue weighted by Crippen LogP contribution is -2.21. The van der Waals surface area contributed by atoms with Crippen molar-refractivity contribution in [2.24, 2.45) is 0 Å². The van der Waals surface area contributed by atoms with Crippen molar-refractivity contribution >= 4 is 17.6 Å². The van der Waals surface area contributed by atoms with E-state index in [2.05, 4.69) is 35.1 Å². The number of hydrogen-bond acceptors (Lipinski definition) is 7. The maximum Gasteiger partial charge on any atom is 0.225 e. The molecule has 126 valence electrons. The number of aromatic nitrogens is 5. The van der Waals surface area contributed by atoms with Gasteiger partial charge in [-0.2, -0.15) is 0 Å². The van der Waals surface area contributed by atoms with Gasteiger partial charge in [-0.1, -0.05) is 6.07 Å². The predicted octanol–water partition coefficient (Wildman–Crippen LogP) is 2.71. The van der Waals surface area contributed by atoms with Crippen molar-refractivity contribution in [3.63, 3.8) is 0 Å². The smallest absolute Gasteiger partial charge is 0.225 e. The van der Waals surface area contributed by atoms with Gasteiger partial charge in [-0.3, -0.25) is 0 Å². The molecule has 0 aliphatic carbocycles. The molecule has 1 fully saturated rings. The quantitative estimate of drug-likeness (QED) is 0.786. The predicted molar refractivity (Wildman–Crippen MR) is 95.9 cm³/mol. The van der Waals surface area contributed by atoms with Crippen LogP contribution in [0.25, 0.3) is 0 Å². The lowest BCUT2D eigenvalue weighted by Gasteiger charge is -2.16. The van der Waals surface area contributed by atoms with Crippen molar-refractivity contribution in [1.29, 1.82) is 0 Å². The van der Waals surface area contributed by atoms with Gasteiger partial charge in [0.05, 0.1) is 5.69 Å². The molecule has 4 rings (SSSR count). The topological polar surface area (TPSA) is 79.7 Å². The molecule has 0 aromatic carbocycles. The van der Waals surface area contributed by atoms with Crippen molar-refractivity contribution in [3.8, 4) is 0 Å². The number of aryl methyl sites for hydroxylation is 1. The maximum absolute atomic E-state index is 4.65. The number of anilines is 3. The molecule has 0 bridgehead atoms. The van der Waals surface area contributed by atoms with Crippen LogP contribution in [0.2, 0.25) is 0 Å². The molecule has 1 aliphatic rings. The fraction of sp³-hybridized carbons (Fsp3) is 0.278. The number of hydrogen-bond donors (Lipinski definition) is 1. The summed E-state index contributed by atoms with van der Waals surface area (Å²) in [5, 5.41) is 3.25. The Kier molecular flexibility index (Phi) is 4.20. The van der Waals surface area contributed by atoms with Crippen LogP contribution in [0.5, 0.6) is 0 Å². The number of pyridine rings is 1. The largest absolute Gasteiger partial charge is 0.340 e. The van der Waals surface area contributed by atoms with E-state index in [1.54, 1.807) is 18.6 Å². The minimum Gasteiger partial charge on any atom is -0.340 e. The molecule has 25 heavy (non-hydrogen) atoms. The summed E-state index contributed by atoms with van der Waals surface area (Å²) < 4.78 is 0. The first-order chi connectivity index (χ1) is 12.3. The average Bonchev–Trinajstić information content (AvgIpc) is 3.13. The summed E-state index contributed by atoms with van der Waals surface area (Å²) in [6.45, 7) is 3.71. The Labute approximate surface area is 146 Å². The Morgan fingerprint density at radius 1 is 1.00 bits per heavy atom. The molecule has 3 aromatic rings. The van der Waals surface area contributed by atoms with E-state index in [9.17, 15) is 0 Å². The molecule has 1 saturated heterocycles. The number of nitrogens with one attached hydrogen (secondary N) is 1. The first-order valence-electron chi connectivity index (χ1n) is 8.33. The van der Waals surface area contributed by atoms with Gasteiger partial charge in [0.25, 0.3) is 0 Å². The Hall–Kier alpha value is -3.09. The number of nitrogens with zero attached hydrogens (tertiary/aromatic N) is 6. The zero-order chi connectivity index (χ0) is 17.1. The van der Waals surface area contributed by atoms with Crippen LogP contribution in [0.4, 0.5) is 17.6 Å². The first-order valence-corrected chi connectivity index (χ1v) is 8.33. The standard InChI is InChI=1S/C18H19N7/c1-13-22-15(11-17(23-13)24-16-5-2-3-7-19-16)14-6-10-25(12-14)18-20-8-4-9-21-18/h2-5,7-9,11,14H,6,10,12H2,1H3,(H,19,22,23,24)/t14-/m1/s1. The highest BCUT2D eigenvalue weighted by molar-refractivity contribution is 5.52. The third-order valence-electron chi connectivity index (χ3n) is 4.22. The summed E-state index contributed by atoms with van der Waals surface area (Å²) in [5.41, 5.74) is 1.05. The van der Waals surface area contributed by atoms with Crippen molar-refractivity contribution < 1.29 is 0 Å². The Morgan fingerprint density at radius 2 is 1.84 bits per heavy atom. The molecule has 1 aliphatic heterocycles. The van der Waals surface area contributed by atoms with Crippen LogP contribution < -0.4 is 10.2 Å². The lowest BCUT2D eigenvalue weighted by molar-refractivity contribution is 0.732. The Balaban J connectivity index is 1.53. The van der Waals surface area contributed by atoms with Gasteiger partial charge in [0.2, 0.25) is 5.95 Å². The Morgan fingerprint density at radius 3 is 2.64 bits per heavy atom. The van der Waals surface area contributed by atoms with Gasteiger partial charge in [0.15, 0.2) is 0 Å². The van der Waals surface area contributed by atoms with Crippen LogP contribution in [0.3, 0.4) is 0 Å². The second-order valence-electron chi connectivity index (χ2n) is 6.05. The third-order valence-corrected chi connectivity index (χ3v) is 4.22. The third kappa shape index (κ3) is 3.55. The summed E-state index contributed by atoms with van der Waals surface area (Å²) in [5.74, 6) is 3.43. The highest BCUT2D eigenvalue weighted by atomic mass is 15.3. The zero-order valence-electron chi connectivity index (χ0n) is 14.0. The SMILES string of the molecule is Cc1nc(Nc2ccccn2)cc([C@@H]2CCN(c3ncccn3)C2)n1. The molecule has 1 atom stereocenters. The molecule has 0 unspecified atom stereocenters. The van der Waals surface area contributed by atoms with E-state index in [4.69, 9.17) is 0 Å². The highest BCUT2D eigenvalue weighted by Gasteiger charge is 2.27. The normalized spacial score (nSPS) is 16.8. The fourth-order valence-corrected chi connectivity index (χ4v) is 3.07. The fourth-order valence-electron chi connectivity index (χ4n) is 3.07. The average molecular weight is 333 g/mol. The van der Waals surface area contributed by atoms with Gasteiger partial charge in [-0.25, -0.2) is 24.9 Å². The van der Waals surface area contributed by atoms with Crippen molar-refractivity contribution in [1.82, 2.24) is 24.9 Å². The van der Waals surface area contributed by atoms with Crippen LogP contribution in [0.15, 0.2) is 48.9 Å². The molecule has 7 heteroatoms. The number of rotatable bonds is 4. The minimum absolute atomic E-state index is 0.342. The van der Waals surface area contributed by atoms with Crippen molar-refractivity contribution in [2.75, 3.05) is 23.3 Å². The molecular weight excluding hydrogens is 314 g/mol. The van der Waals surface area contributed by atoms with Crippen LogP contribution in [-0.2, 0) is 0 Å². The maximum atomic E-state index is 4.65. The van der Waals surface area contributed by atoms with Crippen LogP contribution in [0, 0.1) is 6.92 Å². The highest BCUT2D eigenvalue weighted by Crippen LogP contribution is 2.29.